The quantitative estimate of drug-likeness (QED) is 0.873. The minimum atomic E-state index is -0.578. The first-order valence-electron chi connectivity index (χ1n) is 6.14. The summed E-state index contributed by atoms with van der Waals surface area (Å²) in [6.45, 7) is 5.09. The minimum Gasteiger partial charge on any atom is -0.338 e. The Kier molecular flexibility index (Phi) is 3.92. The smallest absolute Gasteiger partial charge is 0.240 e. The van der Waals surface area contributed by atoms with E-state index >= 15 is 0 Å². The van der Waals surface area contributed by atoms with Crippen LogP contribution in [0.4, 0.5) is 0 Å². The SMILES string of the molecule is CN(Cc1ccncc1)Cc1nc(C(C)(C)N)no1. The lowest BCUT2D eigenvalue weighted by Gasteiger charge is -2.14. The van der Waals surface area contributed by atoms with E-state index in [1.807, 2.05) is 33.0 Å². The van der Waals surface area contributed by atoms with Gasteiger partial charge in [0.05, 0.1) is 12.1 Å². The predicted molar refractivity (Wildman–Crippen MR) is 70.9 cm³/mol. The molecule has 6 heteroatoms. The first kappa shape index (κ1) is 13.6. The molecule has 0 atom stereocenters. The van der Waals surface area contributed by atoms with Crippen LogP contribution in [0.5, 0.6) is 0 Å². The topological polar surface area (TPSA) is 81.1 Å². The molecule has 2 aromatic heterocycles. The van der Waals surface area contributed by atoms with Crippen molar-refractivity contribution in [2.75, 3.05) is 7.05 Å². The second-order valence-corrected chi connectivity index (χ2v) is 5.26. The standard InChI is InChI=1S/C13H19N5O/c1-13(2,14)12-16-11(19-17-12)9-18(3)8-10-4-6-15-7-5-10/h4-7H,8-9,14H2,1-3H3. The molecule has 2 heterocycles. The summed E-state index contributed by atoms with van der Waals surface area (Å²) >= 11 is 0. The zero-order chi connectivity index (χ0) is 13.9. The van der Waals surface area contributed by atoms with Crippen molar-refractivity contribution in [2.45, 2.75) is 32.5 Å². The number of hydrogen-bond donors (Lipinski definition) is 1. The van der Waals surface area contributed by atoms with E-state index in [1.54, 1.807) is 12.4 Å². The van der Waals surface area contributed by atoms with Gasteiger partial charge in [0.1, 0.15) is 0 Å². The second kappa shape index (κ2) is 5.46. The Morgan fingerprint density at radius 1 is 1.26 bits per heavy atom. The molecule has 19 heavy (non-hydrogen) atoms. The molecule has 0 saturated carbocycles. The van der Waals surface area contributed by atoms with Crippen LogP contribution in [0.15, 0.2) is 29.0 Å². The fourth-order valence-corrected chi connectivity index (χ4v) is 1.67. The highest BCUT2D eigenvalue weighted by Crippen LogP contribution is 2.13. The summed E-state index contributed by atoms with van der Waals surface area (Å²) in [6.07, 6.45) is 3.57. The number of aromatic nitrogens is 3. The van der Waals surface area contributed by atoms with Gasteiger partial charge in [-0.15, -0.1) is 0 Å². The van der Waals surface area contributed by atoms with E-state index in [0.717, 1.165) is 6.54 Å². The van der Waals surface area contributed by atoms with Gasteiger partial charge in [0.15, 0.2) is 5.82 Å². The van der Waals surface area contributed by atoms with Crippen molar-refractivity contribution in [3.8, 4) is 0 Å². The van der Waals surface area contributed by atoms with Crippen LogP contribution >= 0.6 is 0 Å². The average Bonchev–Trinajstić information content (AvgIpc) is 2.78. The van der Waals surface area contributed by atoms with E-state index in [2.05, 4.69) is 20.0 Å². The Balaban J connectivity index is 1.96. The maximum atomic E-state index is 5.92. The Labute approximate surface area is 112 Å². The molecule has 0 radical (unpaired) electrons. The van der Waals surface area contributed by atoms with E-state index in [9.17, 15) is 0 Å². The van der Waals surface area contributed by atoms with E-state index in [-0.39, 0.29) is 0 Å². The summed E-state index contributed by atoms with van der Waals surface area (Å²) < 4.78 is 5.20. The maximum Gasteiger partial charge on any atom is 0.240 e. The van der Waals surface area contributed by atoms with Crippen molar-refractivity contribution >= 4 is 0 Å². The van der Waals surface area contributed by atoms with Crippen LogP contribution in [0, 0.1) is 0 Å². The van der Waals surface area contributed by atoms with Crippen molar-refractivity contribution in [1.82, 2.24) is 20.0 Å². The number of rotatable bonds is 5. The average molecular weight is 261 g/mol. The molecule has 0 saturated heterocycles. The van der Waals surface area contributed by atoms with Crippen molar-refractivity contribution in [2.24, 2.45) is 5.73 Å². The third kappa shape index (κ3) is 3.84. The highest BCUT2D eigenvalue weighted by atomic mass is 16.5. The Hall–Kier alpha value is -1.79. The van der Waals surface area contributed by atoms with E-state index < -0.39 is 5.54 Å². The lowest BCUT2D eigenvalue weighted by molar-refractivity contribution is 0.259. The third-order valence-corrected chi connectivity index (χ3v) is 2.65. The van der Waals surface area contributed by atoms with E-state index in [4.69, 9.17) is 10.3 Å². The van der Waals surface area contributed by atoms with Gasteiger partial charge in [-0.25, -0.2) is 0 Å². The predicted octanol–water partition coefficient (Wildman–Crippen LogP) is 1.29. The van der Waals surface area contributed by atoms with Gasteiger partial charge in [-0.1, -0.05) is 5.16 Å². The summed E-state index contributed by atoms with van der Waals surface area (Å²) in [7, 11) is 2.00. The number of nitrogens with zero attached hydrogens (tertiary/aromatic N) is 4. The van der Waals surface area contributed by atoms with Crippen LogP contribution in [0.1, 0.15) is 31.1 Å². The molecule has 2 rings (SSSR count). The molecular weight excluding hydrogens is 242 g/mol. The summed E-state index contributed by atoms with van der Waals surface area (Å²) in [4.78, 5) is 10.4. The van der Waals surface area contributed by atoms with Gasteiger partial charge >= 0.3 is 0 Å². The molecular formula is C13H19N5O. The van der Waals surface area contributed by atoms with Gasteiger partial charge in [0.2, 0.25) is 5.89 Å². The van der Waals surface area contributed by atoms with Crippen LogP contribution in [-0.2, 0) is 18.6 Å². The molecule has 0 spiro atoms. The highest BCUT2D eigenvalue weighted by molar-refractivity contribution is 5.09. The first-order valence-corrected chi connectivity index (χ1v) is 6.14. The Morgan fingerprint density at radius 3 is 2.53 bits per heavy atom. The van der Waals surface area contributed by atoms with E-state index in [1.165, 1.54) is 5.56 Å². The molecule has 0 unspecified atom stereocenters. The number of pyridine rings is 1. The molecule has 0 aliphatic rings. The molecule has 0 aromatic carbocycles. The highest BCUT2D eigenvalue weighted by Gasteiger charge is 2.21. The molecule has 2 aromatic rings. The van der Waals surface area contributed by atoms with Gasteiger partial charge < -0.3 is 10.3 Å². The first-order chi connectivity index (χ1) is 8.95. The normalized spacial score (nSPS) is 12.1. The molecule has 2 N–H and O–H groups in total. The van der Waals surface area contributed by atoms with Gasteiger partial charge in [0, 0.05) is 18.9 Å². The summed E-state index contributed by atoms with van der Waals surface area (Å²) in [6, 6.07) is 3.97. The molecule has 6 nitrogen and oxygen atoms in total. The van der Waals surface area contributed by atoms with Crippen LogP contribution in [0.3, 0.4) is 0 Å². The summed E-state index contributed by atoms with van der Waals surface area (Å²) in [5, 5.41) is 3.90. The number of hydrogen-bond acceptors (Lipinski definition) is 6. The van der Waals surface area contributed by atoms with Crippen molar-refractivity contribution in [1.29, 1.82) is 0 Å². The molecule has 0 fully saturated rings. The zero-order valence-corrected chi connectivity index (χ0v) is 11.5. The minimum absolute atomic E-state index is 0.528. The van der Waals surface area contributed by atoms with Crippen molar-refractivity contribution in [3.05, 3.63) is 41.8 Å². The molecule has 0 bridgehead atoms. The largest absolute Gasteiger partial charge is 0.338 e. The molecule has 0 amide bonds. The van der Waals surface area contributed by atoms with E-state index in [0.29, 0.717) is 18.3 Å². The lowest BCUT2D eigenvalue weighted by atomic mass is 10.1. The van der Waals surface area contributed by atoms with Crippen LogP contribution in [0.2, 0.25) is 0 Å². The van der Waals surface area contributed by atoms with Crippen molar-refractivity contribution in [3.63, 3.8) is 0 Å². The Bertz CT molecular complexity index is 517. The van der Waals surface area contributed by atoms with Gasteiger partial charge in [-0.3, -0.25) is 9.88 Å². The van der Waals surface area contributed by atoms with Crippen LogP contribution in [-0.4, -0.2) is 27.1 Å². The summed E-state index contributed by atoms with van der Waals surface area (Å²) in [5.74, 6) is 1.10. The maximum absolute atomic E-state index is 5.92. The molecule has 0 aliphatic carbocycles. The monoisotopic (exact) mass is 261 g/mol. The van der Waals surface area contributed by atoms with Gasteiger partial charge in [-0.05, 0) is 38.6 Å². The zero-order valence-electron chi connectivity index (χ0n) is 11.5. The summed E-state index contributed by atoms with van der Waals surface area (Å²) in [5.41, 5.74) is 6.53. The molecule has 0 aliphatic heterocycles. The van der Waals surface area contributed by atoms with Gasteiger partial charge in [-0.2, -0.15) is 4.98 Å². The number of nitrogens with two attached hydrogens (primary N) is 1. The van der Waals surface area contributed by atoms with Crippen LogP contribution in [0.25, 0.3) is 0 Å². The van der Waals surface area contributed by atoms with Gasteiger partial charge in [0.25, 0.3) is 0 Å². The fourth-order valence-electron chi connectivity index (χ4n) is 1.67. The lowest BCUT2D eigenvalue weighted by Crippen LogP contribution is -2.30. The second-order valence-electron chi connectivity index (χ2n) is 5.26. The molecule has 102 valence electrons. The third-order valence-electron chi connectivity index (χ3n) is 2.65. The fraction of sp³-hybridized carbons (Fsp3) is 0.462. The van der Waals surface area contributed by atoms with Crippen LogP contribution < -0.4 is 5.73 Å². The van der Waals surface area contributed by atoms with Crippen molar-refractivity contribution < 1.29 is 4.52 Å². The Morgan fingerprint density at radius 2 is 1.95 bits per heavy atom.